The van der Waals surface area contributed by atoms with E-state index < -0.39 is 0 Å². The molecule has 0 radical (unpaired) electrons. The van der Waals surface area contributed by atoms with Crippen molar-refractivity contribution < 1.29 is 0 Å². The fraction of sp³-hybridized carbons (Fsp3) is 0.385. The third kappa shape index (κ3) is 5.12. The first-order valence-corrected chi connectivity index (χ1v) is 10.1. The second-order valence-electron chi connectivity index (χ2n) is 7.51. The van der Waals surface area contributed by atoms with E-state index in [1.807, 2.05) is 0 Å². The molecular formula is C26H30. The molecule has 3 rings (SSSR count). The van der Waals surface area contributed by atoms with E-state index in [2.05, 4.69) is 80.0 Å². The van der Waals surface area contributed by atoms with Gasteiger partial charge in [0.15, 0.2) is 0 Å². The topological polar surface area (TPSA) is 0 Å². The van der Waals surface area contributed by atoms with Crippen LogP contribution in [-0.2, 0) is 6.42 Å². The number of rotatable bonds is 5. The van der Waals surface area contributed by atoms with Gasteiger partial charge in [0, 0.05) is 11.1 Å². The Hall–Kier alpha value is -2.26. The smallest absolute Gasteiger partial charge is 0.0249 e. The van der Waals surface area contributed by atoms with Gasteiger partial charge in [0.25, 0.3) is 0 Å². The predicted molar refractivity (Wildman–Crippen MR) is 112 cm³/mol. The summed E-state index contributed by atoms with van der Waals surface area (Å²) >= 11 is 0. The summed E-state index contributed by atoms with van der Waals surface area (Å²) in [4.78, 5) is 0. The SMILES string of the molecule is C=CCC[C@H]1CC[C@H](c2ccc(C#Cc3ccc(CC)cc3)cc2)CC1. The van der Waals surface area contributed by atoms with Crippen molar-refractivity contribution in [2.45, 2.75) is 57.8 Å². The third-order valence-electron chi connectivity index (χ3n) is 5.72. The Morgan fingerprint density at radius 1 is 0.885 bits per heavy atom. The number of hydrogen-bond donors (Lipinski definition) is 0. The molecule has 134 valence electrons. The Balaban J connectivity index is 1.57. The van der Waals surface area contributed by atoms with Gasteiger partial charge in [0.1, 0.15) is 0 Å². The van der Waals surface area contributed by atoms with E-state index in [-0.39, 0.29) is 0 Å². The zero-order chi connectivity index (χ0) is 18.2. The van der Waals surface area contributed by atoms with Crippen LogP contribution in [0.2, 0.25) is 0 Å². The second kappa shape index (κ2) is 9.44. The molecule has 0 amide bonds. The van der Waals surface area contributed by atoms with Gasteiger partial charge in [0.05, 0.1) is 0 Å². The van der Waals surface area contributed by atoms with Crippen molar-refractivity contribution >= 4 is 0 Å². The van der Waals surface area contributed by atoms with Crippen molar-refractivity contribution in [1.82, 2.24) is 0 Å². The van der Waals surface area contributed by atoms with E-state index in [9.17, 15) is 0 Å². The van der Waals surface area contributed by atoms with Crippen molar-refractivity contribution in [3.8, 4) is 11.8 Å². The highest BCUT2D eigenvalue weighted by atomic mass is 14.3. The van der Waals surface area contributed by atoms with Gasteiger partial charge in [-0.1, -0.05) is 49.1 Å². The van der Waals surface area contributed by atoms with E-state index in [1.54, 1.807) is 0 Å². The van der Waals surface area contributed by atoms with E-state index in [0.29, 0.717) is 0 Å². The molecule has 0 saturated heterocycles. The summed E-state index contributed by atoms with van der Waals surface area (Å²) in [6.45, 7) is 6.02. The normalized spacial score (nSPS) is 19.4. The summed E-state index contributed by atoms with van der Waals surface area (Å²) in [6, 6.07) is 17.5. The molecule has 0 N–H and O–H groups in total. The minimum atomic E-state index is 0.735. The zero-order valence-corrected chi connectivity index (χ0v) is 16.0. The van der Waals surface area contributed by atoms with Gasteiger partial charge in [-0.05, 0) is 92.2 Å². The van der Waals surface area contributed by atoms with Gasteiger partial charge in [0.2, 0.25) is 0 Å². The predicted octanol–water partition coefficient (Wildman–Crippen LogP) is 6.89. The highest BCUT2D eigenvalue weighted by Crippen LogP contribution is 2.37. The lowest BCUT2D eigenvalue weighted by Gasteiger charge is -2.28. The number of allylic oxidation sites excluding steroid dienone is 1. The van der Waals surface area contributed by atoms with Crippen LogP contribution in [0.5, 0.6) is 0 Å². The Bertz CT molecular complexity index is 744. The summed E-state index contributed by atoms with van der Waals surface area (Å²) in [7, 11) is 0. The molecule has 2 aromatic carbocycles. The van der Waals surface area contributed by atoms with Gasteiger partial charge >= 0.3 is 0 Å². The molecule has 0 unspecified atom stereocenters. The molecule has 0 spiro atoms. The van der Waals surface area contributed by atoms with Crippen LogP contribution in [0.1, 0.15) is 73.6 Å². The molecule has 0 heteroatoms. The molecule has 2 aromatic rings. The molecule has 0 atom stereocenters. The Morgan fingerprint density at radius 3 is 2.00 bits per heavy atom. The van der Waals surface area contributed by atoms with Crippen LogP contribution in [0.15, 0.2) is 61.2 Å². The first kappa shape index (κ1) is 18.5. The summed E-state index contributed by atoms with van der Waals surface area (Å²) in [5.74, 6) is 8.22. The molecule has 0 nitrogen and oxygen atoms in total. The Morgan fingerprint density at radius 2 is 1.46 bits per heavy atom. The Labute approximate surface area is 159 Å². The Kier molecular flexibility index (Phi) is 6.73. The van der Waals surface area contributed by atoms with Crippen molar-refractivity contribution in [3.63, 3.8) is 0 Å². The number of hydrogen-bond acceptors (Lipinski definition) is 0. The minimum Gasteiger partial charge on any atom is -0.103 e. The highest BCUT2D eigenvalue weighted by Gasteiger charge is 2.21. The van der Waals surface area contributed by atoms with Gasteiger partial charge < -0.3 is 0 Å². The van der Waals surface area contributed by atoms with Gasteiger partial charge in [-0.25, -0.2) is 0 Å². The molecule has 26 heavy (non-hydrogen) atoms. The van der Waals surface area contributed by atoms with Gasteiger partial charge in [-0.15, -0.1) is 6.58 Å². The summed E-state index contributed by atoms with van der Waals surface area (Å²) in [5, 5.41) is 0. The molecular weight excluding hydrogens is 312 g/mol. The molecule has 1 saturated carbocycles. The van der Waals surface area contributed by atoms with Crippen LogP contribution >= 0.6 is 0 Å². The van der Waals surface area contributed by atoms with Crippen molar-refractivity contribution in [2.75, 3.05) is 0 Å². The molecule has 0 aromatic heterocycles. The maximum Gasteiger partial charge on any atom is 0.0249 e. The lowest BCUT2D eigenvalue weighted by Crippen LogP contribution is -2.13. The van der Waals surface area contributed by atoms with Crippen molar-refractivity contribution in [2.24, 2.45) is 5.92 Å². The third-order valence-corrected chi connectivity index (χ3v) is 5.72. The van der Waals surface area contributed by atoms with Crippen LogP contribution in [0.3, 0.4) is 0 Å². The highest BCUT2D eigenvalue weighted by molar-refractivity contribution is 5.44. The standard InChI is InChI=1S/C26H30/c1-3-5-6-22-13-17-25(18-14-22)26-19-15-24(16-20-26)12-11-23-9-7-21(4-2)8-10-23/h3,7-10,15-16,19-20,22,25H,1,4-6,13-14,17-18H2,2H3/t22-,25-. The fourth-order valence-electron chi connectivity index (χ4n) is 3.94. The fourth-order valence-corrected chi connectivity index (χ4v) is 3.94. The summed E-state index contributed by atoms with van der Waals surface area (Å²) < 4.78 is 0. The van der Waals surface area contributed by atoms with Gasteiger partial charge in [-0.3, -0.25) is 0 Å². The average Bonchev–Trinajstić information content (AvgIpc) is 2.72. The van der Waals surface area contributed by atoms with Gasteiger partial charge in [-0.2, -0.15) is 0 Å². The van der Waals surface area contributed by atoms with E-state index in [4.69, 9.17) is 0 Å². The number of aryl methyl sites for hydroxylation is 1. The van der Waals surface area contributed by atoms with Crippen LogP contribution in [0.4, 0.5) is 0 Å². The first-order chi connectivity index (χ1) is 12.8. The first-order valence-electron chi connectivity index (χ1n) is 10.1. The molecule has 0 bridgehead atoms. The number of benzene rings is 2. The maximum absolute atomic E-state index is 3.85. The minimum absolute atomic E-state index is 0.735. The van der Waals surface area contributed by atoms with Crippen LogP contribution in [0.25, 0.3) is 0 Å². The average molecular weight is 343 g/mol. The van der Waals surface area contributed by atoms with E-state index in [1.165, 1.54) is 49.7 Å². The lowest BCUT2D eigenvalue weighted by molar-refractivity contribution is 0.312. The summed E-state index contributed by atoms with van der Waals surface area (Å²) in [5.41, 5.74) is 5.04. The van der Waals surface area contributed by atoms with Crippen molar-refractivity contribution in [3.05, 3.63) is 83.4 Å². The van der Waals surface area contributed by atoms with Crippen molar-refractivity contribution in [1.29, 1.82) is 0 Å². The lowest BCUT2D eigenvalue weighted by atomic mass is 9.77. The van der Waals surface area contributed by atoms with E-state index >= 15 is 0 Å². The molecule has 1 aliphatic rings. The quantitative estimate of drug-likeness (QED) is 0.410. The molecule has 0 aliphatic heterocycles. The van der Waals surface area contributed by atoms with Crippen LogP contribution in [-0.4, -0.2) is 0 Å². The summed E-state index contributed by atoms with van der Waals surface area (Å²) in [6.07, 6.45) is 11.0. The van der Waals surface area contributed by atoms with Crippen LogP contribution < -0.4 is 0 Å². The van der Waals surface area contributed by atoms with Crippen LogP contribution in [0, 0.1) is 17.8 Å². The maximum atomic E-state index is 3.85. The molecule has 1 aliphatic carbocycles. The molecule has 1 fully saturated rings. The zero-order valence-electron chi connectivity index (χ0n) is 16.0. The largest absolute Gasteiger partial charge is 0.103 e. The van der Waals surface area contributed by atoms with E-state index in [0.717, 1.165) is 29.4 Å². The monoisotopic (exact) mass is 342 g/mol. The molecule has 0 heterocycles. The second-order valence-corrected chi connectivity index (χ2v) is 7.51.